The minimum atomic E-state index is -4.88. The molecule has 170 valence electrons. The first-order valence-corrected chi connectivity index (χ1v) is 11.0. The molecule has 0 unspecified atom stereocenters. The summed E-state index contributed by atoms with van der Waals surface area (Å²) in [5.74, 6) is -2.02. The van der Waals surface area contributed by atoms with E-state index in [1.54, 1.807) is 11.6 Å². The topological polar surface area (TPSA) is 128 Å². The van der Waals surface area contributed by atoms with Gasteiger partial charge in [0, 0.05) is 26.1 Å². The zero-order chi connectivity index (χ0) is 32.7. The molecule has 0 bridgehead atoms. The van der Waals surface area contributed by atoms with Gasteiger partial charge in [-0.05, 0) is 36.6 Å². The molecule has 2 N–H and O–H groups in total. The molecule has 0 radical (unpaired) electrons. The molecule has 0 fully saturated rings. The molecule has 0 saturated carbocycles. The van der Waals surface area contributed by atoms with Crippen LogP contribution in [0, 0.1) is 6.92 Å². The summed E-state index contributed by atoms with van der Waals surface area (Å²) in [7, 11) is -4.88. The summed E-state index contributed by atoms with van der Waals surface area (Å²) in [6.07, 6.45) is 1.22. The average molecular weight is 534 g/mol. The quantitative estimate of drug-likeness (QED) is 0.384. The number of hydrogen-bond acceptors (Lipinski definition) is 8. The Hall–Kier alpha value is -2.83. The molecule has 0 aliphatic rings. The van der Waals surface area contributed by atoms with Crippen LogP contribution in [-0.4, -0.2) is 48.0 Å². The third-order valence-electron chi connectivity index (χ3n) is 3.31. The van der Waals surface area contributed by atoms with E-state index in [0.717, 1.165) is 0 Å². The lowest BCUT2D eigenvalue weighted by atomic mass is 10.1. The third-order valence-corrected chi connectivity index (χ3v) is 4.58. The van der Waals surface area contributed by atoms with Gasteiger partial charge in [0.25, 0.3) is 10.2 Å². The van der Waals surface area contributed by atoms with Gasteiger partial charge in [0.15, 0.2) is 5.82 Å². The first kappa shape index (κ1) is 13.0. The molecular formula is C20H23BrN6O4S. The molecule has 0 amide bonds. The fourth-order valence-corrected chi connectivity index (χ4v) is 3.00. The number of hydrogen-bond donors (Lipinski definition) is 2. The van der Waals surface area contributed by atoms with Gasteiger partial charge >= 0.3 is 6.01 Å². The lowest BCUT2D eigenvalue weighted by Gasteiger charge is -2.15. The Balaban J connectivity index is 2.27. The van der Waals surface area contributed by atoms with Gasteiger partial charge in [-0.2, -0.15) is 13.1 Å². The fourth-order valence-electron chi connectivity index (χ4n) is 2.02. The molecule has 0 atom stereocenters. The van der Waals surface area contributed by atoms with E-state index >= 15 is 0 Å². The highest BCUT2D eigenvalue weighted by atomic mass is 79.9. The monoisotopic (exact) mass is 533 g/mol. The van der Waals surface area contributed by atoms with Crippen LogP contribution in [0.1, 0.15) is 34.0 Å². The standard InChI is InChI=1S/C20H23BrN6O4S/c1-3-8-26-32(28,29)27-18-17(15-4-6-16(21)7-5-15)19(25-13-24-18)30-9-10-31-20-22-11-14(2)12-23-20/h4-7,11-13,26H,3,8-10H2,1-2H3,(H,24,25,27)/i4D,5D,6D,7D,8D2,9D2,10D2,13D. The maximum atomic E-state index is 12.8. The smallest absolute Gasteiger partial charge is 0.316 e. The summed E-state index contributed by atoms with van der Waals surface area (Å²) in [5, 5.41) is 0. The molecule has 3 aromatic rings. The molecule has 0 aliphatic heterocycles. The van der Waals surface area contributed by atoms with Gasteiger partial charge in [-0.1, -0.05) is 34.9 Å². The van der Waals surface area contributed by atoms with Gasteiger partial charge in [0.2, 0.25) is 5.88 Å². The highest BCUT2D eigenvalue weighted by Gasteiger charge is 2.19. The number of benzene rings is 1. The van der Waals surface area contributed by atoms with Crippen molar-refractivity contribution in [3.63, 3.8) is 0 Å². The minimum Gasteiger partial charge on any atom is -0.473 e. The van der Waals surface area contributed by atoms with Crippen molar-refractivity contribution in [1.29, 1.82) is 0 Å². The second-order valence-electron chi connectivity index (χ2n) is 5.73. The maximum Gasteiger partial charge on any atom is 0.316 e. The Kier molecular flexibility index (Phi) is 4.54. The molecule has 0 spiro atoms. The van der Waals surface area contributed by atoms with E-state index in [-0.39, 0.29) is 10.9 Å². The van der Waals surface area contributed by atoms with Crippen molar-refractivity contribution in [2.75, 3.05) is 24.3 Å². The van der Waals surface area contributed by atoms with Gasteiger partial charge in [0.1, 0.15) is 20.8 Å². The summed E-state index contributed by atoms with van der Waals surface area (Å²) in [6.45, 7) is -6.40. The Morgan fingerprint density at radius 3 is 2.47 bits per heavy atom. The molecular weight excluding hydrogens is 500 g/mol. The van der Waals surface area contributed by atoms with Gasteiger partial charge in [-0.25, -0.2) is 19.9 Å². The van der Waals surface area contributed by atoms with Crippen LogP contribution in [0.25, 0.3) is 11.1 Å². The normalized spacial score (nSPS) is 17.5. The average Bonchev–Trinajstić information content (AvgIpc) is 2.87. The summed E-state index contributed by atoms with van der Waals surface area (Å²) < 4.78 is 129. The Morgan fingerprint density at radius 1 is 1.09 bits per heavy atom. The summed E-state index contributed by atoms with van der Waals surface area (Å²) in [4.78, 5) is 14.7. The Morgan fingerprint density at radius 2 is 1.78 bits per heavy atom. The van der Waals surface area contributed by atoms with Crippen LogP contribution in [0.2, 0.25) is 0 Å². The minimum absolute atomic E-state index is 0.273. The van der Waals surface area contributed by atoms with E-state index in [4.69, 9.17) is 24.6 Å². The largest absolute Gasteiger partial charge is 0.473 e. The first-order valence-electron chi connectivity index (χ1n) is 14.2. The number of nitrogens with one attached hydrogen (secondary N) is 2. The lowest BCUT2D eigenvalue weighted by molar-refractivity contribution is 0.202. The Bertz CT molecular complexity index is 1620. The van der Waals surface area contributed by atoms with E-state index < -0.39 is 89.1 Å². The van der Waals surface area contributed by atoms with Crippen molar-refractivity contribution in [1.82, 2.24) is 24.7 Å². The molecule has 32 heavy (non-hydrogen) atoms. The first-order chi connectivity index (χ1) is 19.6. The predicted molar refractivity (Wildman–Crippen MR) is 124 cm³/mol. The second kappa shape index (κ2) is 11.2. The number of anilines is 1. The summed E-state index contributed by atoms with van der Waals surface area (Å²) in [6, 6.07) is -3.48. The van der Waals surface area contributed by atoms with Crippen LogP contribution in [-0.2, 0) is 10.2 Å². The van der Waals surface area contributed by atoms with Crippen molar-refractivity contribution < 1.29 is 33.0 Å². The molecule has 0 aliphatic carbocycles. The Labute approximate surface area is 210 Å². The van der Waals surface area contributed by atoms with Crippen molar-refractivity contribution in [3.05, 3.63) is 52.9 Å². The van der Waals surface area contributed by atoms with Gasteiger partial charge in [-0.3, -0.25) is 4.72 Å². The second-order valence-corrected chi connectivity index (χ2v) is 7.94. The number of halogens is 1. The lowest BCUT2D eigenvalue weighted by Crippen LogP contribution is -2.31. The van der Waals surface area contributed by atoms with Crippen LogP contribution < -0.4 is 18.9 Å². The van der Waals surface area contributed by atoms with E-state index in [9.17, 15) is 8.42 Å². The van der Waals surface area contributed by atoms with Crippen LogP contribution in [0.3, 0.4) is 0 Å². The van der Waals surface area contributed by atoms with Crippen LogP contribution in [0.15, 0.2) is 47.3 Å². The number of ether oxygens (including phenoxy) is 2. The zero-order valence-electron chi connectivity index (χ0n) is 27.6. The molecule has 2 aromatic heterocycles. The molecule has 10 nitrogen and oxygen atoms in total. The molecule has 12 heteroatoms. The van der Waals surface area contributed by atoms with Crippen LogP contribution >= 0.6 is 15.9 Å². The van der Waals surface area contributed by atoms with Gasteiger partial charge in [0.05, 0.1) is 16.5 Å². The SMILES string of the molecule is [2H]c1nc(NS(=O)(=O)NC([2H])([2H])CC)c(-c2c([2H])c([2H])c(Br)c([2H])c2[2H])c(OC([2H])([2H])C([2H])([2H])Oc2ncc(C)cn2)n1. The molecule has 1 aromatic carbocycles. The van der Waals surface area contributed by atoms with Crippen molar-refractivity contribution in [2.45, 2.75) is 20.3 Å². The zero-order valence-corrected chi connectivity index (χ0v) is 19.0. The summed E-state index contributed by atoms with van der Waals surface area (Å²) >= 11 is 2.93. The number of aromatic nitrogens is 4. The maximum absolute atomic E-state index is 12.8. The molecule has 2 heterocycles. The summed E-state index contributed by atoms with van der Waals surface area (Å²) in [5.41, 5.74) is -0.954. The van der Waals surface area contributed by atoms with Crippen LogP contribution in [0.4, 0.5) is 5.82 Å². The molecule has 3 rings (SSSR count). The number of nitrogens with zero attached hydrogens (tertiary/aromatic N) is 4. The van der Waals surface area contributed by atoms with Crippen molar-refractivity contribution in [2.24, 2.45) is 0 Å². The van der Waals surface area contributed by atoms with Crippen molar-refractivity contribution in [3.8, 4) is 23.0 Å². The van der Waals surface area contributed by atoms with Crippen LogP contribution in [0.5, 0.6) is 11.9 Å². The number of rotatable bonds is 11. The van der Waals surface area contributed by atoms with Gasteiger partial charge < -0.3 is 9.47 Å². The highest BCUT2D eigenvalue weighted by molar-refractivity contribution is 9.10. The van der Waals surface area contributed by atoms with E-state index in [1.807, 2.05) is 4.72 Å². The number of aryl methyl sites for hydroxylation is 1. The van der Waals surface area contributed by atoms with E-state index in [1.165, 1.54) is 19.3 Å². The molecule has 0 saturated heterocycles. The van der Waals surface area contributed by atoms with E-state index in [2.05, 4.69) is 35.9 Å². The predicted octanol–water partition coefficient (Wildman–Crippen LogP) is 3.12. The van der Waals surface area contributed by atoms with Gasteiger partial charge in [-0.15, -0.1) is 0 Å². The van der Waals surface area contributed by atoms with E-state index in [0.29, 0.717) is 5.56 Å². The fraction of sp³-hybridized carbons (Fsp3) is 0.300. The van der Waals surface area contributed by atoms with Crippen molar-refractivity contribution >= 4 is 32.0 Å². The third kappa shape index (κ3) is 6.84. The highest BCUT2D eigenvalue weighted by Crippen LogP contribution is 2.34.